The van der Waals surface area contributed by atoms with Gasteiger partial charge in [0.1, 0.15) is 5.82 Å². The molecule has 0 heterocycles. The first kappa shape index (κ1) is 12.5. The molecule has 1 fully saturated rings. The fourth-order valence-corrected chi connectivity index (χ4v) is 2.58. The van der Waals surface area contributed by atoms with E-state index in [-0.39, 0.29) is 22.0 Å². The van der Waals surface area contributed by atoms with E-state index >= 15 is 0 Å². The largest absolute Gasteiger partial charge is 0.322 e. The Bertz CT molecular complexity index is 421. The maximum atomic E-state index is 13.5. The summed E-state index contributed by atoms with van der Waals surface area (Å²) in [6.07, 6.45) is 3.74. The molecule has 5 heteroatoms. The Morgan fingerprint density at radius 2 is 1.94 bits per heavy atom. The molecule has 1 N–H and O–H groups in total. The highest BCUT2D eigenvalue weighted by Gasteiger charge is 2.24. The molecule has 17 heavy (non-hydrogen) atoms. The minimum atomic E-state index is -0.761. The molecule has 0 bridgehead atoms. The van der Waals surface area contributed by atoms with Crippen LogP contribution in [0, 0.1) is 17.6 Å². The number of amides is 1. The van der Waals surface area contributed by atoms with Crippen molar-refractivity contribution in [3.05, 3.63) is 28.2 Å². The van der Waals surface area contributed by atoms with Gasteiger partial charge in [-0.2, -0.15) is 0 Å². The van der Waals surface area contributed by atoms with Gasteiger partial charge in [0.05, 0.1) is 5.69 Å². The van der Waals surface area contributed by atoms with Gasteiger partial charge in [0.2, 0.25) is 5.91 Å². The molecule has 1 aliphatic rings. The highest BCUT2D eigenvalue weighted by atomic mass is 79.9. The standard InChI is InChI=1S/C12H12BrF2NO/c13-9-5-8(14)6-10(15)11(9)16-12(17)7-3-1-2-4-7/h5-7H,1-4H2,(H,16,17). The van der Waals surface area contributed by atoms with Gasteiger partial charge in [-0.15, -0.1) is 0 Å². The van der Waals surface area contributed by atoms with Crippen molar-refractivity contribution in [2.75, 3.05) is 5.32 Å². The molecular weight excluding hydrogens is 292 g/mol. The van der Waals surface area contributed by atoms with Gasteiger partial charge in [-0.05, 0) is 34.8 Å². The van der Waals surface area contributed by atoms with E-state index in [0.717, 1.165) is 37.8 Å². The Hall–Kier alpha value is -0.970. The minimum absolute atomic E-state index is 0.0169. The van der Waals surface area contributed by atoms with Crippen LogP contribution in [0.3, 0.4) is 0 Å². The van der Waals surface area contributed by atoms with Crippen molar-refractivity contribution in [2.45, 2.75) is 25.7 Å². The molecule has 1 amide bonds. The summed E-state index contributed by atoms with van der Waals surface area (Å²) in [7, 11) is 0. The van der Waals surface area contributed by atoms with Gasteiger partial charge in [-0.3, -0.25) is 4.79 Å². The second kappa shape index (κ2) is 5.12. The summed E-state index contributed by atoms with van der Waals surface area (Å²) >= 11 is 3.04. The van der Waals surface area contributed by atoms with Gasteiger partial charge in [0, 0.05) is 16.5 Å². The van der Waals surface area contributed by atoms with Crippen LogP contribution in [0.25, 0.3) is 0 Å². The number of halogens is 3. The van der Waals surface area contributed by atoms with E-state index in [1.54, 1.807) is 0 Å². The van der Waals surface area contributed by atoms with Crippen LogP contribution in [0.5, 0.6) is 0 Å². The molecule has 1 aliphatic carbocycles. The zero-order chi connectivity index (χ0) is 12.4. The van der Waals surface area contributed by atoms with Crippen molar-refractivity contribution in [3.63, 3.8) is 0 Å². The Morgan fingerprint density at radius 1 is 1.29 bits per heavy atom. The number of benzene rings is 1. The van der Waals surface area contributed by atoms with Crippen LogP contribution < -0.4 is 5.32 Å². The Balaban J connectivity index is 2.15. The smallest absolute Gasteiger partial charge is 0.227 e. The Kier molecular flexibility index (Phi) is 3.76. The van der Waals surface area contributed by atoms with E-state index in [1.807, 2.05) is 0 Å². The van der Waals surface area contributed by atoms with E-state index < -0.39 is 11.6 Å². The third-order valence-corrected chi connectivity index (χ3v) is 3.61. The molecule has 0 saturated heterocycles. The topological polar surface area (TPSA) is 29.1 Å². The van der Waals surface area contributed by atoms with Crippen molar-refractivity contribution < 1.29 is 13.6 Å². The molecule has 2 rings (SSSR count). The van der Waals surface area contributed by atoms with Crippen LogP contribution in [0.1, 0.15) is 25.7 Å². The summed E-state index contributed by atoms with van der Waals surface area (Å²) in [5.41, 5.74) is 0.0169. The molecular formula is C12H12BrF2NO. The molecule has 0 aromatic heterocycles. The lowest BCUT2D eigenvalue weighted by molar-refractivity contribution is -0.119. The Labute approximate surface area is 107 Å². The second-order valence-electron chi connectivity index (χ2n) is 4.22. The quantitative estimate of drug-likeness (QED) is 0.883. The predicted octanol–water partition coefficient (Wildman–Crippen LogP) is 3.86. The average Bonchev–Trinajstić information content (AvgIpc) is 2.76. The van der Waals surface area contributed by atoms with Gasteiger partial charge in [0.25, 0.3) is 0 Å². The van der Waals surface area contributed by atoms with E-state index in [2.05, 4.69) is 21.2 Å². The van der Waals surface area contributed by atoms with Crippen LogP contribution in [0.15, 0.2) is 16.6 Å². The lowest BCUT2D eigenvalue weighted by atomic mass is 10.1. The molecule has 0 spiro atoms. The third kappa shape index (κ3) is 2.83. The fraction of sp³-hybridized carbons (Fsp3) is 0.417. The van der Waals surface area contributed by atoms with E-state index in [4.69, 9.17) is 0 Å². The van der Waals surface area contributed by atoms with Crippen LogP contribution in [0.2, 0.25) is 0 Å². The summed E-state index contributed by atoms with van der Waals surface area (Å²) in [4.78, 5) is 11.8. The molecule has 0 unspecified atom stereocenters. The minimum Gasteiger partial charge on any atom is -0.322 e. The van der Waals surface area contributed by atoms with Crippen LogP contribution in [0.4, 0.5) is 14.5 Å². The highest BCUT2D eigenvalue weighted by Crippen LogP contribution is 2.30. The molecule has 1 aromatic rings. The van der Waals surface area contributed by atoms with Crippen molar-refractivity contribution >= 4 is 27.5 Å². The van der Waals surface area contributed by atoms with E-state index in [1.165, 1.54) is 0 Å². The maximum absolute atomic E-state index is 13.5. The van der Waals surface area contributed by atoms with Gasteiger partial charge < -0.3 is 5.32 Å². The van der Waals surface area contributed by atoms with Crippen molar-refractivity contribution in [3.8, 4) is 0 Å². The first-order valence-corrected chi connectivity index (χ1v) is 6.32. The van der Waals surface area contributed by atoms with Crippen LogP contribution >= 0.6 is 15.9 Å². The van der Waals surface area contributed by atoms with E-state index in [0.29, 0.717) is 0 Å². The van der Waals surface area contributed by atoms with Gasteiger partial charge in [-0.1, -0.05) is 12.8 Å². The molecule has 2 nitrogen and oxygen atoms in total. The molecule has 0 aliphatic heterocycles. The van der Waals surface area contributed by atoms with Crippen LogP contribution in [-0.2, 0) is 4.79 Å². The average molecular weight is 304 g/mol. The third-order valence-electron chi connectivity index (χ3n) is 2.98. The lowest BCUT2D eigenvalue weighted by Gasteiger charge is -2.12. The Morgan fingerprint density at radius 3 is 2.53 bits per heavy atom. The number of hydrogen-bond acceptors (Lipinski definition) is 1. The lowest BCUT2D eigenvalue weighted by Crippen LogP contribution is -2.21. The monoisotopic (exact) mass is 303 g/mol. The number of hydrogen-bond donors (Lipinski definition) is 1. The molecule has 1 saturated carbocycles. The summed E-state index contributed by atoms with van der Waals surface area (Å²) in [6.45, 7) is 0. The summed E-state index contributed by atoms with van der Waals surface area (Å²) in [5.74, 6) is -1.67. The van der Waals surface area contributed by atoms with Crippen LogP contribution in [-0.4, -0.2) is 5.91 Å². The fourth-order valence-electron chi connectivity index (χ4n) is 2.07. The maximum Gasteiger partial charge on any atom is 0.227 e. The number of carbonyl (C=O) groups excluding carboxylic acids is 1. The molecule has 0 atom stereocenters. The van der Waals surface area contributed by atoms with Crippen molar-refractivity contribution in [1.29, 1.82) is 0 Å². The van der Waals surface area contributed by atoms with Crippen molar-refractivity contribution in [1.82, 2.24) is 0 Å². The highest BCUT2D eigenvalue weighted by molar-refractivity contribution is 9.10. The van der Waals surface area contributed by atoms with Gasteiger partial charge in [0.15, 0.2) is 5.82 Å². The normalized spacial score (nSPS) is 16.2. The number of rotatable bonds is 2. The molecule has 92 valence electrons. The summed E-state index contributed by atoms with van der Waals surface area (Å²) in [6, 6.07) is 1.89. The van der Waals surface area contributed by atoms with Crippen molar-refractivity contribution in [2.24, 2.45) is 5.92 Å². The predicted molar refractivity (Wildman–Crippen MR) is 64.6 cm³/mol. The zero-order valence-electron chi connectivity index (χ0n) is 9.10. The number of anilines is 1. The first-order chi connectivity index (χ1) is 8.08. The first-order valence-electron chi connectivity index (χ1n) is 5.53. The summed E-state index contributed by atoms with van der Waals surface area (Å²) < 4.78 is 26.6. The van der Waals surface area contributed by atoms with Gasteiger partial charge >= 0.3 is 0 Å². The second-order valence-corrected chi connectivity index (χ2v) is 5.07. The molecule has 0 radical (unpaired) electrons. The van der Waals surface area contributed by atoms with Gasteiger partial charge in [-0.25, -0.2) is 8.78 Å². The van der Waals surface area contributed by atoms with E-state index in [9.17, 15) is 13.6 Å². The zero-order valence-corrected chi connectivity index (χ0v) is 10.7. The number of nitrogens with one attached hydrogen (secondary N) is 1. The number of carbonyl (C=O) groups is 1. The molecule has 1 aromatic carbocycles. The summed E-state index contributed by atoms with van der Waals surface area (Å²) in [5, 5.41) is 2.52. The SMILES string of the molecule is O=C(Nc1c(F)cc(F)cc1Br)C1CCCC1.